The molecule has 3 N–H and O–H groups in total. The van der Waals surface area contributed by atoms with Crippen molar-refractivity contribution in [2.75, 3.05) is 26.7 Å². The Bertz CT molecular complexity index is 1050. The first-order valence-electron chi connectivity index (χ1n) is 9.21. The average molecular weight is 440 g/mol. The summed E-state index contributed by atoms with van der Waals surface area (Å²) in [4.78, 5) is 2.10. The molecule has 3 rings (SSSR count). The van der Waals surface area contributed by atoms with Crippen molar-refractivity contribution in [2.24, 2.45) is 5.14 Å². The highest BCUT2D eigenvalue weighted by molar-refractivity contribution is 7.89. The second-order valence-corrected chi connectivity index (χ2v) is 10.2. The molecule has 1 unspecified atom stereocenters. The predicted octanol–water partition coefficient (Wildman–Crippen LogP) is 1.46. The maximum atomic E-state index is 12.7. The lowest BCUT2D eigenvalue weighted by Crippen LogP contribution is -2.36. The molecule has 1 aliphatic heterocycles. The predicted molar refractivity (Wildman–Crippen MR) is 110 cm³/mol. The van der Waals surface area contributed by atoms with Gasteiger partial charge in [0.05, 0.1) is 16.9 Å². The minimum atomic E-state index is -3.88. The molecule has 0 bridgehead atoms. The van der Waals surface area contributed by atoms with Crippen LogP contribution in [0.2, 0.25) is 0 Å². The van der Waals surface area contributed by atoms with Crippen molar-refractivity contribution in [2.45, 2.75) is 28.7 Å². The fraction of sp³-hybridized carbons (Fsp3) is 0.368. The molecule has 1 aliphatic rings. The van der Waals surface area contributed by atoms with Crippen LogP contribution in [0, 0.1) is 0 Å². The van der Waals surface area contributed by atoms with Gasteiger partial charge in [0.15, 0.2) is 0 Å². The molecule has 1 heterocycles. The van der Waals surface area contributed by atoms with E-state index in [0.29, 0.717) is 5.75 Å². The van der Waals surface area contributed by atoms with Crippen molar-refractivity contribution in [3.05, 3.63) is 54.1 Å². The zero-order chi connectivity index (χ0) is 21.1. The van der Waals surface area contributed by atoms with Crippen LogP contribution in [-0.4, -0.2) is 48.5 Å². The van der Waals surface area contributed by atoms with Gasteiger partial charge in [0.25, 0.3) is 0 Å². The van der Waals surface area contributed by atoms with Crippen LogP contribution < -0.4 is 14.6 Å². The quantitative estimate of drug-likeness (QED) is 0.643. The molecule has 0 aliphatic carbocycles. The van der Waals surface area contributed by atoms with Gasteiger partial charge in [-0.15, -0.1) is 0 Å². The van der Waals surface area contributed by atoms with Crippen molar-refractivity contribution in [1.29, 1.82) is 0 Å². The van der Waals surface area contributed by atoms with E-state index in [1.54, 1.807) is 7.11 Å². The third-order valence-electron chi connectivity index (χ3n) is 4.99. The Labute approximate surface area is 171 Å². The van der Waals surface area contributed by atoms with E-state index >= 15 is 0 Å². The van der Waals surface area contributed by atoms with E-state index in [9.17, 15) is 16.8 Å². The molecule has 8 nitrogen and oxygen atoms in total. The second kappa shape index (κ2) is 8.80. The molecule has 1 fully saturated rings. The van der Waals surface area contributed by atoms with E-state index < -0.39 is 20.0 Å². The number of hydrogen-bond acceptors (Lipinski definition) is 6. The highest BCUT2D eigenvalue weighted by Crippen LogP contribution is 2.27. The Balaban J connectivity index is 1.80. The molecule has 0 amide bonds. The van der Waals surface area contributed by atoms with Gasteiger partial charge in [0.1, 0.15) is 5.75 Å². The molecular formula is C19H25N3O5S2. The fourth-order valence-corrected chi connectivity index (χ4v) is 4.99. The lowest BCUT2D eigenvalue weighted by atomic mass is 10.1. The van der Waals surface area contributed by atoms with Gasteiger partial charge in [-0.1, -0.05) is 12.1 Å². The first-order valence-corrected chi connectivity index (χ1v) is 12.2. The Hall–Kier alpha value is -1.98. The molecule has 1 atom stereocenters. The van der Waals surface area contributed by atoms with Crippen LogP contribution in [-0.2, 0) is 20.0 Å². The third-order valence-corrected chi connectivity index (χ3v) is 7.36. The number of nitrogens with one attached hydrogen (secondary N) is 1. The van der Waals surface area contributed by atoms with Gasteiger partial charge in [-0.05, 0) is 67.9 Å². The summed E-state index contributed by atoms with van der Waals surface area (Å²) in [5.41, 5.74) is 0.971. The monoisotopic (exact) mass is 439 g/mol. The van der Waals surface area contributed by atoms with E-state index in [-0.39, 0.29) is 22.4 Å². The first kappa shape index (κ1) is 21.7. The largest absolute Gasteiger partial charge is 0.497 e. The number of benzene rings is 2. The number of likely N-dealkylation sites (tertiary alicyclic amines) is 1. The summed E-state index contributed by atoms with van der Waals surface area (Å²) in [6, 6.07) is 12.3. The van der Waals surface area contributed by atoms with Crippen LogP contribution in [0.4, 0.5) is 0 Å². The minimum absolute atomic E-state index is 0.0179. The van der Waals surface area contributed by atoms with Crippen molar-refractivity contribution < 1.29 is 21.6 Å². The molecule has 0 spiro atoms. The maximum absolute atomic E-state index is 12.7. The van der Waals surface area contributed by atoms with E-state index in [4.69, 9.17) is 9.88 Å². The average Bonchev–Trinajstić information content (AvgIpc) is 3.22. The van der Waals surface area contributed by atoms with Gasteiger partial charge in [-0.25, -0.2) is 26.7 Å². The topological polar surface area (TPSA) is 119 Å². The van der Waals surface area contributed by atoms with Gasteiger partial charge in [0, 0.05) is 12.6 Å². The Morgan fingerprint density at radius 1 is 1.03 bits per heavy atom. The summed E-state index contributed by atoms with van der Waals surface area (Å²) < 4.78 is 56.1. The summed E-state index contributed by atoms with van der Waals surface area (Å²) >= 11 is 0. The molecule has 0 radical (unpaired) electrons. The lowest BCUT2D eigenvalue weighted by Gasteiger charge is -2.28. The lowest BCUT2D eigenvalue weighted by molar-refractivity contribution is 0.246. The standard InChI is InChI=1S/C19H25N3O5S2/c1-27-16-6-4-5-15(13-16)19(22-11-2-3-12-22)14-21-29(25,26)18-9-7-17(8-10-18)28(20,23)24/h4-10,13,19,21H,2-3,11-12,14H2,1H3,(H2,20,23,24). The van der Waals surface area contributed by atoms with Crippen molar-refractivity contribution >= 4 is 20.0 Å². The van der Waals surface area contributed by atoms with E-state index in [1.807, 2.05) is 24.3 Å². The van der Waals surface area contributed by atoms with Crippen LogP contribution in [0.3, 0.4) is 0 Å². The summed E-state index contributed by atoms with van der Waals surface area (Å²) in [6.45, 7) is 1.98. The highest BCUT2D eigenvalue weighted by atomic mass is 32.2. The smallest absolute Gasteiger partial charge is 0.240 e. The molecule has 1 saturated heterocycles. The summed E-state index contributed by atoms with van der Waals surface area (Å²) in [7, 11) is -6.10. The number of sulfonamides is 2. The summed E-state index contributed by atoms with van der Waals surface area (Å²) in [5, 5.41) is 5.06. The van der Waals surface area contributed by atoms with Crippen LogP contribution in [0.1, 0.15) is 24.4 Å². The minimum Gasteiger partial charge on any atom is -0.497 e. The van der Waals surface area contributed by atoms with Crippen LogP contribution in [0.5, 0.6) is 5.75 Å². The molecule has 0 saturated carbocycles. The van der Waals surface area contributed by atoms with Crippen LogP contribution >= 0.6 is 0 Å². The number of primary sulfonamides is 1. The number of ether oxygens (including phenoxy) is 1. The van der Waals surface area contributed by atoms with Gasteiger partial charge in [-0.2, -0.15) is 0 Å². The maximum Gasteiger partial charge on any atom is 0.240 e. The molecular weight excluding hydrogens is 414 g/mol. The molecule has 158 valence electrons. The zero-order valence-electron chi connectivity index (χ0n) is 16.1. The second-order valence-electron chi connectivity index (χ2n) is 6.90. The Kier molecular flexibility index (Phi) is 6.59. The Morgan fingerprint density at radius 2 is 1.66 bits per heavy atom. The van der Waals surface area contributed by atoms with Crippen LogP contribution in [0.15, 0.2) is 58.3 Å². The summed E-state index contributed by atoms with van der Waals surface area (Å²) in [6.07, 6.45) is 2.14. The molecule has 0 aromatic heterocycles. The zero-order valence-corrected chi connectivity index (χ0v) is 17.7. The number of hydrogen-bond donors (Lipinski definition) is 2. The number of methoxy groups -OCH3 is 1. The summed E-state index contributed by atoms with van der Waals surface area (Å²) in [5.74, 6) is 0.716. The van der Waals surface area contributed by atoms with Gasteiger partial charge >= 0.3 is 0 Å². The molecule has 10 heteroatoms. The highest BCUT2D eigenvalue weighted by Gasteiger charge is 2.26. The van der Waals surface area contributed by atoms with Crippen LogP contribution in [0.25, 0.3) is 0 Å². The normalized spacial score (nSPS) is 16.6. The van der Waals surface area contributed by atoms with Gasteiger partial charge < -0.3 is 4.74 Å². The fourth-order valence-electron chi connectivity index (χ4n) is 3.44. The van der Waals surface area contributed by atoms with E-state index in [2.05, 4.69) is 9.62 Å². The SMILES string of the molecule is COc1cccc(C(CNS(=O)(=O)c2ccc(S(N)(=O)=O)cc2)N2CCCC2)c1. The number of nitrogens with zero attached hydrogens (tertiary/aromatic N) is 1. The number of rotatable bonds is 8. The Morgan fingerprint density at radius 3 is 2.24 bits per heavy atom. The van der Waals surface area contributed by atoms with Crippen molar-refractivity contribution in [3.63, 3.8) is 0 Å². The van der Waals surface area contributed by atoms with Crippen molar-refractivity contribution in [3.8, 4) is 5.75 Å². The first-order chi connectivity index (χ1) is 13.7. The van der Waals surface area contributed by atoms with Gasteiger partial charge in [0.2, 0.25) is 20.0 Å². The molecule has 2 aromatic carbocycles. The third kappa shape index (κ3) is 5.34. The molecule has 29 heavy (non-hydrogen) atoms. The van der Waals surface area contributed by atoms with E-state index in [1.165, 1.54) is 24.3 Å². The molecule has 2 aromatic rings. The van der Waals surface area contributed by atoms with Crippen molar-refractivity contribution in [1.82, 2.24) is 9.62 Å². The van der Waals surface area contributed by atoms with E-state index in [0.717, 1.165) is 31.5 Å². The number of nitrogens with two attached hydrogens (primary N) is 1. The van der Waals surface area contributed by atoms with Gasteiger partial charge in [-0.3, -0.25) is 4.90 Å².